The third-order valence-electron chi connectivity index (χ3n) is 4.87. The van der Waals surface area contributed by atoms with E-state index in [9.17, 15) is 4.79 Å². The molecular weight excluding hydrogens is 396 g/mol. The number of nitrogens with zero attached hydrogens (tertiary/aromatic N) is 2. The summed E-state index contributed by atoms with van der Waals surface area (Å²) in [6, 6.07) is 13.4. The fraction of sp³-hybridized carbons (Fsp3) is 0.391. The van der Waals surface area contributed by atoms with Crippen LogP contribution in [0.1, 0.15) is 18.9 Å². The highest BCUT2D eigenvalue weighted by Crippen LogP contribution is 2.31. The van der Waals surface area contributed by atoms with Gasteiger partial charge in [0.2, 0.25) is 0 Å². The molecule has 2 aromatic rings. The topological polar surface area (TPSA) is 84.4 Å². The fourth-order valence-electron chi connectivity index (χ4n) is 3.33. The molecule has 2 aromatic carbocycles. The van der Waals surface area contributed by atoms with E-state index >= 15 is 0 Å². The van der Waals surface area contributed by atoms with E-state index in [1.807, 2.05) is 49.4 Å². The van der Waals surface area contributed by atoms with Crippen molar-refractivity contribution in [2.75, 3.05) is 45.4 Å². The highest BCUT2D eigenvalue weighted by Gasteiger charge is 2.24. The fourth-order valence-corrected chi connectivity index (χ4v) is 3.33. The number of hydrogen-bond acceptors (Lipinski definition) is 5. The molecule has 166 valence electrons. The molecule has 0 saturated carbocycles. The van der Waals surface area contributed by atoms with Gasteiger partial charge in [0.05, 0.1) is 26.5 Å². The third kappa shape index (κ3) is 5.81. The van der Waals surface area contributed by atoms with Crippen LogP contribution in [-0.2, 0) is 11.3 Å². The van der Waals surface area contributed by atoms with Crippen LogP contribution in [-0.4, -0.2) is 52.3 Å². The Morgan fingerprint density at radius 3 is 2.71 bits per heavy atom. The van der Waals surface area contributed by atoms with E-state index in [1.165, 1.54) is 0 Å². The normalized spacial score (nSPS) is 13.3. The Morgan fingerprint density at radius 2 is 1.94 bits per heavy atom. The molecule has 1 aliphatic rings. The maximum absolute atomic E-state index is 12.3. The lowest BCUT2D eigenvalue weighted by Gasteiger charge is -2.29. The number of guanidine groups is 1. The average Bonchev–Trinajstić information content (AvgIpc) is 2.81. The Balaban J connectivity index is 1.54. The van der Waals surface area contributed by atoms with Crippen LogP contribution in [0.25, 0.3) is 0 Å². The molecule has 0 bridgehead atoms. The van der Waals surface area contributed by atoms with Crippen molar-refractivity contribution in [3.05, 3.63) is 48.0 Å². The quantitative estimate of drug-likeness (QED) is 0.364. The molecule has 1 aliphatic heterocycles. The third-order valence-corrected chi connectivity index (χ3v) is 4.87. The highest BCUT2D eigenvalue weighted by molar-refractivity contribution is 5.97. The number of hydrogen-bond donors (Lipinski definition) is 2. The number of methoxy groups -OCH3 is 2. The molecule has 0 aromatic heterocycles. The number of carbonyl (C=O) groups excluding carboxylic acids is 1. The van der Waals surface area contributed by atoms with Gasteiger partial charge in [-0.2, -0.15) is 0 Å². The van der Waals surface area contributed by atoms with Gasteiger partial charge in [-0.3, -0.25) is 4.79 Å². The minimum Gasteiger partial charge on any atom is -0.493 e. The lowest BCUT2D eigenvalue weighted by Crippen LogP contribution is -2.42. The van der Waals surface area contributed by atoms with Crippen LogP contribution in [0, 0.1) is 0 Å². The number of nitrogens with one attached hydrogen (secondary N) is 2. The van der Waals surface area contributed by atoms with Gasteiger partial charge in [-0.15, -0.1) is 0 Å². The number of fused-ring (bicyclic) bond motifs is 1. The summed E-state index contributed by atoms with van der Waals surface area (Å²) >= 11 is 0. The minimum atomic E-state index is -0.0206. The van der Waals surface area contributed by atoms with Crippen molar-refractivity contribution in [2.24, 2.45) is 4.99 Å². The van der Waals surface area contributed by atoms with Gasteiger partial charge in [-0.1, -0.05) is 18.2 Å². The zero-order chi connectivity index (χ0) is 22.1. The molecule has 0 fully saturated rings. The van der Waals surface area contributed by atoms with Crippen molar-refractivity contribution in [1.82, 2.24) is 10.6 Å². The first-order valence-electron chi connectivity index (χ1n) is 10.4. The van der Waals surface area contributed by atoms with Crippen LogP contribution >= 0.6 is 0 Å². The van der Waals surface area contributed by atoms with Gasteiger partial charge < -0.3 is 29.7 Å². The second kappa shape index (κ2) is 11.1. The average molecular weight is 427 g/mol. The van der Waals surface area contributed by atoms with Gasteiger partial charge in [0.1, 0.15) is 5.75 Å². The number of carbonyl (C=O) groups is 1. The number of amides is 1. The van der Waals surface area contributed by atoms with Crippen LogP contribution < -0.4 is 29.7 Å². The summed E-state index contributed by atoms with van der Waals surface area (Å²) in [5.41, 5.74) is 1.85. The summed E-state index contributed by atoms with van der Waals surface area (Å²) in [5, 5.41) is 6.58. The van der Waals surface area contributed by atoms with Crippen molar-refractivity contribution in [3.63, 3.8) is 0 Å². The molecule has 1 heterocycles. The van der Waals surface area contributed by atoms with Gasteiger partial charge in [-0.05, 0) is 43.2 Å². The molecule has 31 heavy (non-hydrogen) atoms. The van der Waals surface area contributed by atoms with E-state index in [2.05, 4.69) is 15.6 Å². The Bertz CT molecular complexity index is 916. The second-order valence-electron chi connectivity index (χ2n) is 6.97. The van der Waals surface area contributed by atoms with Crippen LogP contribution in [0.2, 0.25) is 0 Å². The molecule has 0 atom stereocenters. The standard InChI is InChI=1S/C23H30N4O4/c1-4-24-23(26-15-17-10-11-20(29-2)21(14-17)30-3)25-12-7-13-27-18-8-5-6-9-19(18)31-16-22(27)28/h5-6,8-11,14H,4,7,12-13,15-16H2,1-3H3,(H2,24,25,26). The van der Waals surface area contributed by atoms with E-state index in [0.29, 0.717) is 31.1 Å². The number of benzene rings is 2. The molecule has 0 unspecified atom stereocenters. The number of ether oxygens (including phenoxy) is 3. The van der Waals surface area contributed by atoms with Crippen LogP contribution in [0.5, 0.6) is 17.2 Å². The van der Waals surface area contributed by atoms with Crippen LogP contribution in [0.4, 0.5) is 5.69 Å². The predicted molar refractivity (Wildman–Crippen MR) is 121 cm³/mol. The first kappa shape index (κ1) is 22.3. The van der Waals surface area contributed by atoms with Gasteiger partial charge in [0, 0.05) is 19.6 Å². The minimum absolute atomic E-state index is 0.0206. The number of rotatable bonds is 9. The molecule has 2 N–H and O–H groups in total. The van der Waals surface area contributed by atoms with E-state index in [4.69, 9.17) is 14.2 Å². The maximum atomic E-state index is 12.3. The molecule has 1 amide bonds. The maximum Gasteiger partial charge on any atom is 0.265 e. The second-order valence-corrected chi connectivity index (χ2v) is 6.97. The van der Waals surface area contributed by atoms with Crippen molar-refractivity contribution >= 4 is 17.6 Å². The Labute approximate surface area is 183 Å². The van der Waals surface area contributed by atoms with Crippen LogP contribution in [0.3, 0.4) is 0 Å². The lowest BCUT2D eigenvalue weighted by atomic mass is 10.2. The van der Waals surface area contributed by atoms with Gasteiger partial charge >= 0.3 is 0 Å². The molecule has 8 heteroatoms. The van der Waals surface area contributed by atoms with E-state index in [0.717, 1.165) is 35.9 Å². The SMILES string of the molecule is CCNC(=NCc1ccc(OC)c(OC)c1)NCCCN1C(=O)COc2ccccc21. The largest absolute Gasteiger partial charge is 0.493 e. The molecule has 0 spiro atoms. The summed E-state index contributed by atoms with van der Waals surface area (Å²) < 4.78 is 16.1. The van der Waals surface area contributed by atoms with Crippen molar-refractivity contribution in [1.29, 1.82) is 0 Å². The summed E-state index contributed by atoms with van der Waals surface area (Å²) in [6.45, 7) is 4.67. The van der Waals surface area contributed by atoms with E-state index in [1.54, 1.807) is 19.1 Å². The van der Waals surface area contributed by atoms with Crippen LogP contribution in [0.15, 0.2) is 47.5 Å². The van der Waals surface area contributed by atoms with E-state index < -0.39 is 0 Å². The number of anilines is 1. The van der Waals surface area contributed by atoms with Crippen molar-refractivity contribution in [2.45, 2.75) is 19.9 Å². The summed E-state index contributed by atoms with van der Waals surface area (Å²) in [4.78, 5) is 18.7. The number of aliphatic imine (C=N–C) groups is 1. The zero-order valence-corrected chi connectivity index (χ0v) is 18.3. The summed E-state index contributed by atoms with van der Waals surface area (Å²) in [7, 11) is 3.24. The first-order chi connectivity index (χ1) is 15.2. The highest BCUT2D eigenvalue weighted by atomic mass is 16.5. The van der Waals surface area contributed by atoms with Crippen molar-refractivity contribution in [3.8, 4) is 17.2 Å². The molecule has 0 radical (unpaired) electrons. The first-order valence-corrected chi connectivity index (χ1v) is 10.4. The van der Waals surface area contributed by atoms with E-state index in [-0.39, 0.29) is 12.5 Å². The zero-order valence-electron chi connectivity index (χ0n) is 18.3. The Morgan fingerprint density at radius 1 is 1.13 bits per heavy atom. The molecule has 3 rings (SSSR count). The summed E-state index contributed by atoms with van der Waals surface area (Å²) in [6.07, 6.45) is 0.779. The van der Waals surface area contributed by atoms with Crippen molar-refractivity contribution < 1.29 is 19.0 Å². The lowest BCUT2D eigenvalue weighted by molar-refractivity contribution is -0.121. The Kier molecular flexibility index (Phi) is 7.98. The Hall–Kier alpha value is -3.42. The predicted octanol–water partition coefficient (Wildman–Crippen LogP) is 2.57. The smallest absolute Gasteiger partial charge is 0.265 e. The number of para-hydroxylation sites is 2. The van der Waals surface area contributed by atoms with Gasteiger partial charge in [-0.25, -0.2) is 4.99 Å². The summed E-state index contributed by atoms with van der Waals surface area (Å²) in [5.74, 6) is 2.83. The molecule has 0 saturated heterocycles. The van der Waals surface area contributed by atoms with Gasteiger partial charge in [0.25, 0.3) is 5.91 Å². The monoisotopic (exact) mass is 426 g/mol. The molecule has 8 nitrogen and oxygen atoms in total. The molecular formula is C23H30N4O4. The van der Waals surface area contributed by atoms with Gasteiger partial charge in [0.15, 0.2) is 24.1 Å². The molecule has 0 aliphatic carbocycles.